The summed E-state index contributed by atoms with van der Waals surface area (Å²) in [5.41, 5.74) is 0. The first-order valence-corrected chi connectivity index (χ1v) is 9.57. The first kappa shape index (κ1) is 19.2. The van der Waals surface area contributed by atoms with Crippen LogP contribution < -0.4 is 5.32 Å². The molecule has 0 aliphatic carbocycles. The van der Waals surface area contributed by atoms with Crippen LogP contribution in [0.5, 0.6) is 0 Å². The zero-order chi connectivity index (χ0) is 17.8. The quantitative estimate of drug-likeness (QED) is 0.294. The zero-order valence-corrected chi connectivity index (χ0v) is 16.1. The third-order valence-electron chi connectivity index (χ3n) is 3.09. The van der Waals surface area contributed by atoms with E-state index >= 15 is 0 Å². The molecule has 0 spiro atoms. The van der Waals surface area contributed by atoms with Crippen LogP contribution in [0.2, 0.25) is 6.04 Å². The molecule has 1 saturated heterocycles. The predicted molar refractivity (Wildman–Crippen MR) is 81.5 cm³/mol. The van der Waals surface area contributed by atoms with Crippen LogP contribution in [0, 0.1) is 0 Å². The van der Waals surface area contributed by atoms with Gasteiger partial charge in [-0.1, -0.05) is 0 Å². The molecule has 1 rings (SSSR count). The molecule has 3 unspecified atom stereocenters. The Morgan fingerprint density at radius 1 is 1.57 bits per heavy atom. The number of carbonyl (C=O) groups is 1. The molecule has 3 atom stereocenters. The first-order chi connectivity index (χ1) is 11.5. The molecule has 0 aromatic heterocycles. The maximum atomic E-state index is 11.8. The van der Waals surface area contributed by atoms with Gasteiger partial charge in [-0.25, -0.2) is 0 Å². The van der Waals surface area contributed by atoms with Crippen molar-refractivity contribution < 1.29 is 42.1 Å². The fourth-order valence-electron chi connectivity index (χ4n) is 1.95. The van der Waals surface area contributed by atoms with E-state index in [1.807, 2.05) is 31.1 Å². The summed E-state index contributed by atoms with van der Waals surface area (Å²) in [4.78, 5) is 16.7. The molecule has 1 aliphatic rings. The molecule has 0 aromatic carbocycles. The van der Waals surface area contributed by atoms with Crippen LogP contribution in [0.3, 0.4) is 0 Å². The molecule has 2 radical (unpaired) electrons. The Kier molecular flexibility index (Phi) is 11.1. The number of amides is 1. The van der Waals surface area contributed by atoms with Crippen LogP contribution >= 0.6 is 0 Å². The molecule has 0 saturated carbocycles. The number of rotatable bonds is 13. The van der Waals surface area contributed by atoms with E-state index in [-0.39, 0.29) is 37.4 Å². The summed E-state index contributed by atoms with van der Waals surface area (Å²) in [7, 11) is 0.527. The number of carbonyl (C=O) groups excluding carboxylic acids is 1. The van der Waals surface area contributed by atoms with Crippen LogP contribution in [0.1, 0.15) is 34.5 Å². The Balaban J connectivity index is 2.07. The van der Waals surface area contributed by atoms with Crippen molar-refractivity contribution in [1.82, 2.24) is 5.32 Å². The van der Waals surface area contributed by atoms with Gasteiger partial charge in [-0.15, -0.1) is 0 Å². The van der Waals surface area contributed by atoms with Gasteiger partial charge in [0.15, 0.2) is 0 Å². The molecule has 1 N–H and O–H groups in total. The van der Waals surface area contributed by atoms with Gasteiger partial charge >= 0.3 is 111 Å². The van der Waals surface area contributed by atoms with E-state index in [4.69, 9.17) is 20.1 Å². The van der Waals surface area contributed by atoms with Crippen molar-refractivity contribution in [2.24, 2.45) is 3.95 Å². The second kappa shape index (κ2) is 13.2. The van der Waals surface area contributed by atoms with Gasteiger partial charge in [0, 0.05) is 6.10 Å². The van der Waals surface area contributed by atoms with Gasteiger partial charge in [0.2, 0.25) is 9.76 Å². The molecule has 1 aliphatic heterocycles. The van der Waals surface area contributed by atoms with E-state index in [9.17, 15) is 4.79 Å². The summed E-state index contributed by atoms with van der Waals surface area (Å²) in [6.45, 7) is 4.23. The molecule has 23 heavy (non-hydrogen) atoms. The van der Waals surface area contributed by atoms with Crippen LogP contribution in [0.15, 0.2) is 3.95 Å². The van der Waals surface area contributed by atoms with E-state index in [0.717, 1.165) is 18.9 Å². The number of ether oxygens (including phenoxy) is 2. The molecule has 1 amide bonds. The topological polar surface area (TPSA) is 78.4 Å². The molecular weight excluding hydrogens is 355 g/mol. The second-order valence-electron chi connectivity index (χ2n) is 5.42. The van der Waals surface area contributed by atoms with Crippen LogP contribution in [-0.2, 0) is 40.8 Å². The number of hydrogen-bond acceptors (Lipinski definition) is 6. The van der Waals surface area contributed by atoms with Crippen molar-refractivity contribution in [2.45, 2.75) is 57.5 Å². The Morgan fingerprint density at radius 3 is 3.13 bits per heavy atom. The van der Waals surface area contributed by atoms with Crippen LogP contribution in [-0.4, -0.2) is 60.3 Å². The molecule has 1 heterocycles. The number of hydrogen-bond donors (Lipinski definition) is 1. The van der Waals surface area contributed by atoms with E-state index in [1.165, 1.54) is 0 Å². The van der Waals surface area contributed by atoms with Crippen molar-refractivity contribution in [2.75, 3.05) is 26.3 Å². The second-order valence-corrected chi connectivity index (χ2v) is 6.70. The molecule has 1 fully saturated rings. The third kappa shape index (κ3) is 10.4. The molecule has 0 bridgehead atoms. The summed E-state index contributed by atoms with van der Waals surface area (Å²) in [6, 6.07) is 1.03. The fraction of sp³-hybridized carbons (Fsp3) is 0.929. The average molecular weight is 383 g/mol. The molecule has 131 valence electrons. The summed E-state index contributed by atoms with van der Waals surface area (Å²) < 4.78 is 27.5. The molecule has 7 nitrogen and oxygen atoms in total. The van der Waals surface area contributed by atoms with Crippen molar-refractivity contribution >= 4 is 15.7 Å². The van der Waals surface area contributed by atoms with Gasteiger partial charge in [-0.3, -0.25) is 0 Å². The van der Waals surface area contributed by atoms with Crippen molar-refractivity contribution in [1.29, 1.82) is 0 Å². The normalized spacial score (nSPS) is 24.6. The van der Waals surface area contributed by atoms with E-state index in [2.05, 4.69) is 9.27 Å². The van der Waals surface area contributed by atoms with Crippen molar-refractivity contribution in [3.05, 3.63) is 0 Å². The fourth-order valence-corrected chi connectivity index (χ4v) is 2.90. The van der Waals surface area contributed by atoms with Crippen molar-refractivity contribution in [3.63, 3.8) is 0 Å². The minimum absolute atomic E-state index is 0.0329. The number of nitrogens with zero attached hydrogens (tertiary/aromatic N) is 1. The van der Waals surface area contributed by atoms with E-state index in [1.54, 1.807) is 0 Å². The standard InChI is InChI=1S/C14H26N2O5Si.V/c1-11(2)21-22-8-4-3-6-16-14(17)10-19-12-5-7-18-13(12)9-20-15;/h11-13H,3-10H2,1-2H3,(H,16,17);/i7T;. The number of nitrogens with one attached hydrogen (secondary N) is 1. The SMILES string of the molecule is [3H]C1CC(OCC(=O)NCCCC[Si]OC(C)C)C(CO[N]=[V])O1. The molecular formula is C14H26N2O5SiV. The van der Waals surface area contributed by atoms with Crippen molar-refractivity contribution in [3.8, 4) is 0 Å². The van der Waals surface area contributed by atoms with Gasteiger partial charge in [0.05, 0.1) is 0 Å². The Bertz CT molecular complexity index is 381. The van der Waals surface area contributed by atoms with Gasteiger partial charge < -0.3 is 4.43 Å². The Morgan fingerprint density at radius 2 is 2.39 bits per heavy atom. The summed E-state index contributed by atoms with van der Waals surface area (Å²) in [6.07, 6.45) is 1.98. The summed E-state index contributed by atoms with van der Waals surface area (Å²) in [5, 5.41) is 2.83. The van der Waals surface area contributed by atoms with Gasteiger partial charge in [-0.05, 0) is 19.9 Å². The van der Waals surface area contributed by atoms with Crippen LogP contribution in [0.4, 0.5) is 0 Å². The van der Waals surface area contributed by atoms with E-state index in [0.29, 0.717) is 22.7 Å². The minimum atomic E-state index is -0.646. The number of unbranched alkanes of at least 4 members (excludes halogenated alkanes) is 1. The zero-order valence-electron chi connectivity index (χ0n) is 14.7. The Labute approximate surface area is 151 Å². The molecule has 9 heteroatoms. The van der Waals surface area contributed by atoms with Gasteiger partial charge in [0.1, 0.15) is 0 Å². The van der Waals surface area contributed by atoms with Gasteiger partial charge in [0.25, 0.3) is 0 Å². The monoisotopic (exact) mass is 383 g/mol. The van der Waals surface area contributed by atoms with Crippen LogP contribution in [0.25, 0.3) is 0 Å². The summed E-state index contributed by atoms with van der Waals surface area (Å²) >= 11 is 1.96. The predicted octanol–water partition coefficient (Wildman–Crippen LogP) is 1.18. The maximum absolute atomic E-state index is 11.8. The summed E-state index contributed by atoms with van der Waals surface area (Å²) in [5.74, 6) is -0.152. The third-order valence-corrected chi connectivity index (χ3v) is 4.46. The molecule has 0 aromatic rings. The average Bonchev–Trinajstić information content (AvgIpc) is 2.89. The first-order valence-electron chi connectivity index (χ1n) is 8.41. The van der Waals surface area contributed by atoms with Gasteiger partial charge in [-0.2, -0.15) is 0 Å². The Hall–Kier alpha value is -0.0887. The van der Waals surface area contributed by atoms with E-state index < -0.39 is 6.58 Å².